The molecule has 1 N–H and O–H groups in total. The molecule has 15 heavy (non-hydrogen) atoms. The zero-order valence-corrected chi connectivity index (χ0v) is 9.41. The number of hydrogen-bond acceptors (Lipinski definition) is 5. The molecule has 0 aromatic carbocycles. The smallest absolute Gasteiger partial charge is 0.330 e. The average molecular weight is 229 g/mol. The van der Waals surface area contributed by atoms with Crippen molar-refractivity contribution in [2.24, 2.45) is 0 Å². The molecule has 2 unspecified atom stereocenters. The van der Waals surface area contributed by atoms with Gasteiger partial charge in [-0.15, -0.1) is 11.8 Å². The monoisotopic (exact) mass is 229 g/mol. The summed E-state index contributed by atoms with van der Waals surface area (Å²) in [5, 5.41) is 9.23. The largest absolute Gasteiger partial charge is 0.467 e. The van der Waals surface area contributed by atoms with Gasteiger partial charge >= 0.3 is 5.97 Å². The van der Waals surface area contributed by atoms with Gasteiger partial charge in [0, 0.05) is 0 Å². The second-order valence-corrected chi connectivity index (χ2v) is 4.96. The van der Waals surface area contributed by atoms with Gasteiger partial charge < -0.3 is 14.7 Å². The number of carbonyl (C=O) groups excluding carboxylic acids is 2. The predicted molar refractivity (Wildman–Crippen MR) is 56.7 cm³/mol. The molecule has 0 aromatic rings. The number of rotatable bonds is 2. The maximum Gasteiger partial charge on any atom is 0.330 e. The Labute approximate surface area is 93.6 Å². The van der Waals surface area contributed by atoms with E-state index in [4.69, 9.17) is 7.85 Å². The van der Waals surface area contributed by atoms with E-state index in [1.54, 1.807) is 6.92 Å². The van der Waals surface area contributed by atoms with Gasteiger partial charge in [0.15, 0.2) is 5.81 Å². The lowest BCUT2D eigenvalue weighted by atomic mass is 9.98. The molecule has 7 heteroatoms. The molecule has 2 radical (unpaired) electrons. The van der Waals surface area contributed by atoms with Gasteiger partial charge in [0.05, 0.1) is 24.3 Å². The first-order valence-electron chi connectivity index (χ1n) is 4.35. The Balaban J connectivity index is 2.97. The number of ether oxygens (including phenoxy) is 1. The van der Waals surface area contributed by atoms with E-state index in [0.29, 0.717) is 0 Å². The summed E-state index contributed by atoms with van der Waals surface area (Å²) in [4.78, 5) is 23.8. The first-order valence-corrected chi connectivity index (χ1v) is 5.33. The number of hydrogen-bond donors (Lipinski definition) is 1. The molecule has 1 saturated heterocycles. The van der Waals surface area contributed by atoms with E-state index in [0.717, 1.165) is 0 Å². The molecular formula is C8H12BNO4S. The second-order valence-electron chi connectivity index (χ2n) is 3.48. The van der Waals surface area contributed by atoms with E-state index < -0.39 is 22.6 Å². The Morgan fingerprint density at radius 2 is 2.33 bits per heavy atom. The lowest BCUT2D eigenvalue weighted by Crippen LogP contribution is -2.51. The maximum absolute atomic E-state index is 11.5. The van der Waals surface area contributed by atoms with E-state index in [-0.39, 0.29) is 12.5 Å². The summed E-state index contributed by atoms with van der Waals surface area (Å²) in [5.74, 6) is -0.961. The summed E-state index contributed by atoms with van der Waals surface area (Å²) in [5.41, 5.74) is 0. The second kappa shape index (κ2) is 4.44. The van der Waals surface area contributed by atoms with Crippen molar-refractivity contribution < 1.29 is 19.4 Å². The molecule has 0 spiro atoms. The zero-order chi connectivity index (χ0) is 11.6. The van der Waals surface area contributed by atoms with Crippen LogP contribution in [-0.4, -0.2) is 60.0 Å². The normalized spacial score (nSPS) is 30.3. The minimum Gasteiger partial charge on any atom is -0.467 e. The molecule has 5 nitrogen and oxygen atoms in total. The molecule has 0 aromatic heterocycles. The van der Waals surface area contributed by atoms with Crippen LogP contribution in [0.5, 0.6) is 0 Å². The van der Waals surface area contributed by atoms with Crippen LogP contribution in [0.25, 0.3) is 0 Å². The van der Waals surface area contributed by atoms with Crippen molar-refractivity contribution in [3.63, 3.8) is 0 Å². The summed E-state index contributed by atoms with van der Waals surface area (Å²) in [6.45, 7) is 1.48. The number of nitrogens with zero attached hydrogens (tertiary/aromatic N) is 1. The number of aliphatic hydroxyl groups excluding tert-OH is 1. The number of thioether (sulfide) groups is 1. The van der Waals surface area contributed by atoms with E-state index >= 15 is 0 Å². The van der Waals surface area contributed by atoms with Crippen LogP contribution in [0.1, 0.15) is 6.92 Å². The summed E-state index contributed by atoms with van der Waals surface area (Å²) in [7, 11) is 6.38. The minimum atomic E-state index is -0.824. The van der Waals surface area contributed by atoms with Crippen molar-refractivity contribution in [1.82, 2.24) is 4.90 Å². The van der Waals surface area contributed by atoms with Crippen molar-refractivity contribution in [2.75, 3.05) is 19.6 Å². The third kappa shape index (κ3) is 2.13. The summed E-state index contributed by atoms with van der Waals surface area (Å²) >= 11 is 1.31. The third-order valence-corrected chi connectivity index (χ3v) is 3.86. The summed E-state index contributed by atoms with van der Waals surface area (Å²) < 4.78 is 3.85. The van der Waals surface area contributed by atoms with Gasteiger partial charge in [0.1, 0.15) is 6.04 Å². The van der Waals surface area contributed by atoms with Gasteiger partial charge in [-0.3, -0.25) is 4.79 Å². The van der Waals surface area contributed by atoms with Gasteiger partial charge in [-0.25, -0.2) is 4.79 Å². The van der Waals surface area contributed by atoms with Crippen molar-refractivity contribution in [3.8, 4) is 0 Å². The fourth-order valence-corrected chi connectivity index (χ4v) is 2.69. The highest BCUT2D eigenvalue weighted by atomic mass is 32.2. The fourth-order valence-electron chi connectivity index (χ4n) is 1.51. The number of carbonyl (C=O) groups is 2. The van der Waals surface area contributed by atoms with E-state index in [9.17, 15) is 14.7 Å². The third-order valence-electron chi connectivity index (χ3n) is 2.44. The average Bonchev–Trinajstić information content (AvgIpc) is 2.56. The highest BCUT2D eigenvalue weighted by molar-refractivity contribution is 8.01. The van der Waals surface area contributed by atoms with Crippen LogP contribution in [0.2, 0.25) is 0 Å². The Morgan fingerprint density at radius 1 is 1.73 bits per heavy atom. The first kappa shape index (κ1) is 12.4. The molecule has 0 bridgehead atoms. The Hall–Kier alpha value is -0.685. The molecule has 2 atom stereocenters. The molecule has 1 aliphatic heterocycles. The molecule has 0 saturated carbocycles. The minimum absolute atomic E-state index is 0.221. The van der Waals surface area contributed by atoms with E-state index in [1.165, 1.54) is 23.8 Å². The molecule has 1 amide bonds. The Kier molecular flexibility index (Phi) is 3.67. The van der Waals surface area contributed by atoms with Crippen molar-refractivity contribution in [1.29, 1.82) is 0 Å². The predicted octanol–water partition coefficient (Wildman–Crippen LogP) is -0.426. The molecule has 82 valence electrons. The quantitative estimate of drug-likeness (QED) is 0.514. The fraction of sp³-hybridized carbons (Fsp3) is 0.750. The van der Waals surface area contributed by atoms with Crippen LogP contribution in [0, 0.1) is 0 Å². The molecule has 1 heterocycles. The summed E-state index contributed by atoms with van der Waals surface area (Å²) in [6.07, 6.45) is 0. The van der Waals surface area contributed by atoms with Gasteiger partial charge in [0.25, 0.3) is 0 Å². The highest BCUT2D eigenvalue weighted by Crippen LogP contribution is 2.39. The molecular weight excluding hydrogens is 217 g/mol. The number of aliphatic hydroxyl groups is 1. The van der Waals surface area contributed by atoms with Crippen LogP contribution in [0.3, 0.4) is 0 Å². The number of amides is 1. The van der Waals surface area contributed by atoms with Crippen LogP contribution in [-0.2, 0) is 9.53 Å². The topological polar surface area (TPSA) is 66.8 Å². The molecule has 1 aliphatic rings. The van der Waals surface area contributed by atoms with Gasteiger partial charge in [-0.05, 0) is 6.92 Å². The van der Waals surface area contributed by atoms with Crippen LogP contribution >= 0.6 is 11.8 Å². The first-order chi connectivity index (χ1) is 6.96. The standard InChI is InChI=1S/C8H12BNO4S/c1-8(3-11)5(6(12)14-2)10(4-15-8)7(9)13/h5,11H,3-4H2,1-2H3. The van der Waals surface area contributed by atoms with Gasteiger partial charge in [-0.1, -0.05) is 0 Å². The molecule has 1 rings (SSSR count). The van der Waals surface area contributed by atoms with Gasteiger partial charge in [0.2, 0.25) is 7.85 Å². The van der Waals surface area contributed by atoms with Crippen molar-refractivity contribution in [3.05, 3.63) is 0 Å². The zero-order valence-electron chi connectivity index (χ0n) is 8.60. The van der Waals surface area contributed by atoms with Crippen LogP contribution in [0.15, 0.2) is 0 Å². The van der Waals surface area contributed by atoms with Crippen molar-refractivity contribution in [2.45, 2.75) is 17.7 Å². The molecule has 1 fully saturated rings. The lowest BCUT2D eigenvalue weighted by Gasteiger charge is -2.29. The van der Waals surface area contributed by atoms with Crippen LogP contribution in [0.4, 0.5) is 4.79 Å². The van der Waals surface area contributed by atoms with Crippen molar-refractivity contribution >= 4 is 31.4 Å². The van der Waals surface area contributed by atoms with E-state index in [2.05, 4.69) is 4.74 Å². The Bertz CT molecular complexity index is 288. The Morgan fingerprint density at radius 3 is 2.73 bits per heavy atom. The highest BCUT2D eigenvalue weighted by Gasteiger charge is 2.50. The SMILES string of the molecule is [B]C(=O)N1CSC(C)(CO)C1C(=O)OC. The van der Waals surface area contributed by atoms with E-state index in [1.807, 2.05) is 0 Å². The summed E-state index contributed by atoms with van der Waals surface area (Å²) in [6, 6.07) is -0.824. The number of esters is 1. The maximum atomic E-state index is 11.5. The van der Waals surface area contributed by atoms with Crippen LogP contribution < -0.4 is 0 Å². The van der Waals surface area contributed by atoms with Gasteiger partial charge in [-0.2, -0.15) is 0 Å². The number of methoxy groups -OCH3 is 1. The lowest BCUT2D eigenvalue weighted by molar-refractivity contribution is -0.146. The molecule has 0 aliphatic carbocycles.